The van der Waals surface area contributed by atoms with E-state index in [1.807, 2.05) is 0 Å². The molecule has 0 heterocycles. The van der Waals surface area contributed by atoms with Crippen LogP contribution in [0.1, 0.15) is 421 Å². The highest BCUT2D eigenvalue weighted by atomic mass is 31.2. The van der Waals surface area contributed by atoms with Crippen molar-refractivity contribution >= 4 is 39.5 Å². The number of phosphoric ester groups is 2. The van der Waals surface area contributed by atoms with Crippen molar-refractivity contribution in [2.75, 3.05) is 39.6 Å². The van der Waals surface area contributed by atoms with Gasteiger partial charge in [-0.25, -0.2) is 9.13 Å². The maximum absolute atomic E-state index is 13.1. The molecule has 0 bridgehead atoms. The van der Waals surface area contributed by atoms with Crippen molar-refractivity contribution in [3.05, 3.63) is 0 Å². The molecule has 0 aliphatic heterocycles. The second-order valence-electron chi connectivity index (χ2n) is 30.4. The largest absolute Gasteiger partial charge is 0.472 e. The first kappa shape index (κ1) is 98.1. The third-order valence-electron chi connectivity index (χ3n) is 19.2. The summed E-state index contributed by atoms with van der Waals surface area (Å²) in [6, 6.07) is 0. The van der Waals surface area contributed by atoms with E-state index < -0.39 is 97.5 Å². The number of rotatable bonds is 79. The van der Waals surface area contributed by atoms with Crippen LogP contribution >= 0.6 is 15.6 Å². The number of hydrogen-bond acceptors (Lipinski definition) is 15. The summed E-state index contributed by atoms with van der Waals surface area (Å²) in [7, 11) is -9.92. The zero-order valence-corrected chi connectivity index (χ0v) is 67.5. The van der Waals surface area contributed by atoms with Crippen LogP contribution in [-0.2, 0) is 65.4 Å². The van der Waals surface area contributed by atoms with E-state index >= 15 is 0 Å². The fourth-order valence-electron chi connectivity index (χ4n) is 12.5. The first-order chi connectivity index (χ1) is 48.3. The van der Waals surface area contributed by atoms with Gasteiger partial charge in [-0.1, -0.05) is 370 Å². The van der Waals surface area contributed by atoms with Gasteiger partial charge >= 0.3 is 39.5 Å². The molecule has 0 saturated heterocycles. The molecule has 0 fully saturated rings. The number of ether oxygens (including phenoxy) is 4. The normalized spacial score (nSPS) is 14.2. The van der Waals surface area contributed by atoms with E-state index in [0.29, 0.717) is 25.7 Å². The Kier molecular flexibility index (Phi) is 69.9. The maximum atomic E-state index is 13.1. The Bertz CT molecular complexity index is 1940. The molecule has 0 aliphatic carbocycles. The van der Waals surface area contributed by atoms with Crippen LogP contribution in [0.15, 0.2) is 0 Å². The third-order valence-corrected chi connectivity index (χ3v) is 21.1. The topological polar surface area (TPSA) is 237 Å². The Morgan fingerprint density at radius 1 is 0.290 bits per heavy atom. The zero-order chi connectivity index (χ0) is 73.7. The molecule has 0 rings (SSSR count). The van der Waals surface area contributed by atoms with Crippen LogP contribution in [0, 0.1) is 17.8 Å². The summed E-state index contributed by atoms with van der Waals surface area (Å²) in [5, 5.41) is 10.6. The second kappa shape index (κ2) is 71.3. The minimum atomic E-state index is -4.96. The van der Waals surface area contributed by atoms with Crippen LogP contribution in [0.4, 0.5) is 0 Å². The molecule has 0 aromatic heterocycles. The molecule has 19 heteroatoms. The highest BCUT2D eigenvalue weighted by Gasteiger charge is 2.30. The lowest BCUT2D eigenvalue weighted by molar-refractivity contribution is -0.161. The van der Waals surface area contributed by atoms with Crippen molar-refractivity contribution in [2.45, 2.75) is 439 Å². The Labute approximate surface area is 613 Å². The Morgan fingerprint density at radius 2 is 0.510 bits per heavy atom. The predicted molar refractivity (Wildman–Crippen MR) is 409 cm³/mol. The van der Waals surface area contributed by atoms with Gasteiger partial charge < -0.3 is 33.8 Å². The lowest BCUT2D eigenvalue weighted by Crippen LogP contribution is -2.30. The van der Waals surface area contributed by atoms with Crippen molar-refractivity contribution in [3.8, 4) is 0 Å². The van der Waals surface area contributed by atoms with E-state index in [1.54, 1.807) is 0 Å². The lowest BCUT2D eigenvalue weighted by atomic mass is 9.99. The quantitative estimate of drug-likeness (QED) is 0.0222. The number of carbonyl (C=O) groups is 4. The summed E-state index contributed by atoms with van der Waals surface area (Å²) in [6.45, 7) is 12.0. The molecule has 17 nitrogen and oxygen atoms in total. The highest BCUT2D eigenvalue weighted by molar-refractivity contribution is 7.47. The second-order valence-corrected chi connectivity index (χ2v) is 33.3. The van der Waals surface area contributed by atoms with Gasteiger partial charge in [-0.05, 0) is 43.4 Å². The van der Waals surface area contributed by atoms with Gasteiger partial charge in [0.2, 0.25) is 0 Å². The summed E-state index contributed by atoms with van der Waals surface area (Å²) in [4.78, 5) is 73.1. The van der Waals surface area contributed by atoms with Gasteiger partial charge in [-0.3, -0.25) is 37.3 Å². The number of phosphoric acid groups is 2. The predicted octanol–water partition coefficient (Wildman–Crippen LogP) is 24.1. The van der Waals surface area contributed by atoms with Crippen LogP contribution in [0.5, 0.6) is 0 Å². The van der Waals surface area contributed by atoms with E-state index in [2.05, 4.69) is 48.5 Å². The smallest absolute Gasteiger partial charge is 0.462 e. The Morgan fingerprint density at radius 3 is 0.760 bits per heavy atom. The molecule has 0 aromatic rings. The Balaban J connectivity index is 5.26. The highest BCUT2D eigenvalue weighted by Crippen LogP contribution is 2.45. The van der Waals surface area contributed by atoms with Crippen LogP contribution in [-0.4, -0.2) is 96.7 Å². The van der Waals surface area contributed by atoms with Crippen molar-refractivity contribution in [1.82, 2.24) is 0 Å². The Hall–Kier alpha value is -1.94. The summed E-state index contributed by atoms with van der Waals surface area (Å²) in [5.74, 6) is 0.305. The van der Waals surface area contributed by atoms with E-state index in [0.717, 1.165) is 108 Å². The molecule has 0 spiro atoms. The molecule has 594 valence electrons. The van der Waals surface area contributed by atoms with Crippen LogP contribution in [0.3, 0.4) is 0 Å². The molecule has 0 aromatic carbocycles. The molecule has 0 amide bonds. The van der Waals surface area contributed by atoms with Gasteiger partial charge in [-0.15, -0.1) is 0 Å². The molecule has 6 atom stereocenters. The van der Waals surface area contributed by atoms with E-state index in [-0.39, 0.29) is 25.7 Å². The molecule has 0 aliphatic rings. The van der Waals surface area contributed by atoms with Crippen LogP contribution in [0.2, 0.25) is 0 Å². The molecular weight excluding hydrogens is 1310 g/mol. The van der Waals surface area contributed by atoms with Crippen molar-refractivity contribution in [2.24, 2.45) is 17.8 Å². The standard InChI is InChI=1S/C81H158O17P2/c1-8-10-11-12-13-14-24-34-41-48-55-62-78(83)91-68-76(98-81(86)65-58-51-44-37-30-23-22-26-32-39-46-53-60-73(5)6)70-95-99(87,88)93-66-75(82)67-94-100(89,90)96-71-77(69-92-79(84)63-56-49-42-35-28-21-17-18-25-31-38-45-52-59-72(3)4)97-80(85)64-57-50-43-36-29-20-16-15-19-27-33-40-47-54-61-74(7)9-2/h72-77,82H,8-71H2,1-7H3,(H,87,88)(H,89,90)/t74?,75-,76+,77+/m0/s1. The summed E-state index contributed by atoms with van der Waals surface area (Å²) in [6.07, 6.45) is 59.4. The van der Waals surface area contributed by atoms with Crippen molar-refractivity contribution < 1.29 is 80.2 Å². The van der Waals surface area contributed by atoms with E-state index in [1.165, 1.54) is 231 Å². The number of carbonyl (C=O) groups excluding carboxylic acids is 4. The van der Waals surface area contributed by atoms with Gasteiger partial charge in [0.15, 0.2) is 12.2 Å². The van der Waals surface area contributed by atoms with Crippen LogP contribution < -0.4 is 0 Å². The fraction of sp³-hybridized carbons (Fsp3) is 0.951. The summed E-state index contributed by atoms with van der Waals surface area (Å²) >= 11 is 0. The molecule has 0 saturated carbocycles. The van der Waals surface area contributed by atoms with Crippen molar-refractivity contribution in [1.29, 1.82) is 0 Å². The molecule has 3 N–H and O–H groups in total. The minimum Gasteiger partial charge on any atom is -0.462 e. The van der Waals surface area contributed by atoms with Gasteiger partial charge in [0, 0.05) is 25.7 Å². The van der Waals surface area contributed by atoms with Gasteiger partial charge in [0.1, 0.15) is 19.3 Å². The third kappa shape index (κ3) is 73.0. The van der Waals surface area contributed by atoms with Gasteiger partial charge in [0.25, 0.3) is 0 Å². The minimum absolute atomic E-state index is 0.107. The molecule has 0 radical (unpaired) electrons. The molecule has 3 unspecified atom stereocenters. The first-order valence-corrected chi connectivity index (χ1v) is 44.9. The number of hydrogen-bond donors (Lipinski definition) is 3. The monoisotopic (exact) mass is 1470 g/mol. The number of unbranched alkanes of at least 4 members (excludes halogenated alkanes) is 46. The van der Waals surface area contributed by atoms with E-state index in [4.69, 9.17) is 37.0 Å². The summed E-state index contributed by atoms with van der Waals surface area (Å²) < 4.78 is 68.7. The first-order valence-electron chi connectivity index (χ1n) is 41.9. The average Bonchev–Trinajstić information content (AvgIpc) is 0.923. The zero-order valence-electron chi connectivity index (χ0n) is 65.7. The van der Waals surface area contributed by atoms with Gasteiger partial charge in [0.05, 0.1) is 26.4 Å². The number of aliphatic hydroxyl groups excluding tert-OH is 1. The van der Waals surface area contributed by atoms with Crippen LogP contribution in [0.25, 0.3) is 0 Å². The lowest BCUT2D eigenvalue weighted by Gasteiger charge is -2.21. The van der Waals surface area contributed by atoms with Crippen molar-refractivity contribution in [3.63, 3.8) is 0 Å². The fourth-order valence-corrected chi connectivity index (χ4v) is 14.0. The number of aliphatic hydroxyl groups is 1. The van der Waals surface area contributed by atoms with E-state index in [9.17, 15) is 43.2 Å². The SMILES string of the molecule is CCCCCCCCCCCCCC(=O)OC[C@H](COP(=O)(O)OC[C@H](O)COP(=O)(O)OC[C@@H](COC(=O)CCCCCCCCCCCCCCCC(C)C)OC(=O)CCCCCCCCCCCCCCCCC(C)CC)OC(=O)CCCCCCCCCCCCCCC(C)C. The average molecular weight is 1470 g/mol. The molecular formula is C81H158O17P2. The number of esters is 4. The van der Waals surface area contributed by atoms with Gasteiger partial charge in [-0.2, -0.15) is 0 Å². The maximum Gasteiger partial charge on any atom is 0.472 e. The molecule has 100 heavy (non-hydrogen) atoms. The summed E-state index contributed by atoms with van der Waals surface area (Å²) in [5.41, 5.74) is 0.